The zero-order chi connectivity index (χ0) is 11.3. The Kier molecular flexibility index (Phi) is 4.54. The molecule has 0 radical (unpaired) electrons. The first kappa shape index (κ1) is 12.0. The number of benzene rings is 1. The smallest absolute Gasteiger partial charge is 0.335 e. The Hall–Kier alpha value is -1.11. The van der Waals surface area contributed by atoms with Crippen molar-refractivity contribution in [2.75, 3.05) is 4.43 Å². The molecule has 0 unspecified atom stereocenters. The summed E-state index contributed by atoms with van der Waals surface area (Å²) >= 11 is 1.98. The molecule has 15 heavy (non-hydrogen) atoms. The lowest BCUT2D eigenvalue weighted by Crippen LogP contribution is -2.23. The van der Waals surface area contributed by atoms with E-state index in [1.165, 1.54) is 12.1 Å². The van der Waals surface area contributed by atoms with E-state index < -0.39 is 5.97 Å². The number of amides is 1. The quantitative estimate of drug-likeness (QED) is 0.652. The number of nitrogens with one attached hydrogen (secondary N) is 1. The van der Waals surface area contributed by atoms with Gasteiger partial charge in [0.25, 0.3) is 0 Å². The van der Waals surface area contributed by atoms with Crippen LogP contribution in [0.15, 0.2) is 24.3 Å². The molecule has 0 heterocycles. The molecule has 1 aromatic carbocycles. The maximum atomic E-state index is 10.9. The topological polar surface area (TPSA) is 66.4 Å². The monoisotopic (exact) mass is 319 g/mol. The number of rotatable bonds is 4. The van der Waals surface area contributed by atoms with Crippen LogP contribution in [0.4, 0.5) is 0 Å². The number of carboxylic acids is 1. The van der Waals surface area contributed by atoms with Gasteiger partial charge in [-0.3, -0.25) is 4.79 Å². The minimum Gasteiger partial charge on any atom is -0.478 e. The second kappa shape index (κ2) is 5.69. The maximum Gasteiger partial charge on any atom is 0.335 e. The van der Waals surface area contributed by atoms with Crippen molar-refractivity contribution in [3.05, 3.63) is 35.4 Å². The fraction of sp³-hybridized carbons (Fsp3) is 0.200. The normalized spacial score (nSPS) is 9.67. The molecule has 0 aliphatic rings. The van der Waals surface area contributed by atoms with Crippen LogP contribution in [0, 0.1) is 0 Å². The Morgan fingerprint density at radius 3 is 2.33 bits per heavy atom. The molecular formula is C10H10INO3. The highest BCUT2D eigenvalue weighted by molar-refractivity contribution is 14.1. The van der Waals surface area contributed by atoms with Crippen molar-refractivity contribution >= 4 is 34.5 Å². The molecule has 0 saturated heterocycles. The fourth-order valence-electron chi connectivity index (χ4n) is 1.01. The van der Waals surface area contributed by atoms with Crippen LogP contribution in [0.25, 0.3) is 0 Å². The second-order valence-corrected chi connectivity index (χ2v) is 3.68. The number of hydrogen-bond acceptors (Lipinski definition) is 2. The molecule has 1 aromatic rings. The van der Waals surface area contributed by atoms with E-state index in [0.717, 1.165) is 5.56 Å². The highest BCUT2D eigenvalue weighted by Gasteiger charge is 2.02. The minimum absolute atomic E-state index is 0.0297. The Labute approximate surface area is 101 Å². The SMILES string of the molecule is O=C(CI)NCc1ccc(C(=O)O)cc1. The van der Waals surface area contributed by atoms with Crippen LogP contribution in [0.5, 0.6) is 0 Å². The zero-order valence-corrected chi connectivity index (χ0v) is 10.0. The third kappa shape index (κ3) is 3.86. The number of carbonyl (C=O) groups excluding carboxylic acids is 1. The summed E-state index contributed by atoms with van der Waals surface area (Å²) in [5, 5.41) is 11.4. The van der Waals surface area contributed by atoms with Gasteiger partial charge in [0.2, 0.25) is 5.91 Å². The van der Waals surface area contributed by atoms with Crippen molar-refractivity contribution in [3.63, 3.8) is 0 Å². The molecule has 0 bridgehead atoms. The number of aromatic carboxylic acids is 1. The number of hydrogen-bond donors (Lipinski definition) is 2. The van der Waals surface area contributed by atoms with Crippen LogP contribution >= 0.6 is 22.6 Å². The summed E-state index contributed by atoms with van der Waals surface area (Å²) in [4.78, 5) is 21.5. The van der Waals surface area contributed by atoms with E-state index in [-0.39, 0.29) is 11.5 Å². The lowest BCUT2D eigenvalue weighted by Gasteiger charge is -2.03. The largest absolute Gasteiger partial charge is 0.478 e. The first-order valence-electron chi connectivity index (χ1n) is 4.28. The molecule has 80 valence electrons. The van der Waals surface area contributed by atoms with Gasteiger partial charge in [-0.15, -0.1) is 0 Å². The first-order valence-corrected chi connectivity index (χ1v) is 5.81. The van der Waals surface area contributed by atoms with E-state index >= 15 is 0 Å². The molecule has 0 aliphatic carbocycles. The summed E-state index contributed by atoms with van der Waals surface area (Å²) in [6, 6.07) is 6.43. The van der Waals surface area contributed by atoms with Crippen LogP contribution in [0.3, 0.4) is 0 Å². The molecule has 0 spiro atoms. The Balaban J connectivity index is 2.57. The van der Waals surface area contributed by atoms with Crippen LogP contribution in [-0.2, 0) is 11.3 Å². The van der Waals surface area contributed by atoms with Crippen LogP contribution < -0.4 is 5.32 Å². The summed E-state index contributed by atoms with van der Waals surface area (Å²) < 4.78 is 0.422. The molecule has 0 atom stereocenters. The molecule has 1 rings (SSSR count). The van der Waals surface area contributed by atoms with Crippen LogP contribution in [0.1, 0.15) is 15.9 Å². The molecule has 0 aromatic heterocycles. The average molecular weight is 319 g/mol. The molecule has 1 amide bonds. The highest BCUT2D eigenvalue weighted by Crippen LogP contribution is 2.04. The van der Waals surface area contributed by atoms with Gasteiger partial charge in [0.15, 0.2) is 0 Å². The van der Waals surface area contributed by atoms with Gasteiger partial charge in [0, 0.05) is 6.54 Å². The third-order valence-corrected chi connectivity index (χ3v) is 2.50. The standard InChI is InChI=1S/C10H10INO3/c11-5-9(13)12-6-7-1-3-8(4-2-7)10(14)15/h1-4H,5-6H2,(H,12,13)(H,14,15). The molecule has 5 heteroatoms. The van der Waals surface area contributed by atoms with Crippen molar-refractivity contribution in [1.82, 2.24) is 5.32 Å². The third-order valence-electron chi connectivity index (χ3n) is 1.81. The molecule has 0 saturated carbocycles. The summed E-state index contributed by atoms with van der Waals surface area (Å²) in [5.41, 5.74) is 1.14. The maximum absolute atomic E-state index is 10.9. The molecule has 2 N–H and O–H groups in total. The van der Waals surface area contributed by atoms with Crippen molar-refractivity contribution in [2.45, 2.75) is 6.54 Å². The number of halogens is 1. The predicted molar refractivity (Wildman–Crippen MR) is 64.1 cm³/mol. The van der Waals surface area contributed by atoms with E-state index in [1.54, 1.807) is 12.1 Å². The van der Waals surface area contributed by atoms with Gasteiger partial charge in [-0.1, -0.05) is 34.7 Å². The Morgan fingerprint density at radius 2 is 1.87 bits per heavy atom. The van der Waals surface area contributed by atoms with Gasteiger partial charge in [-0.25, -0.2) is 4.79 Å². The van der Waals surface area contributed by atoms with Gasteiger partial charge >= 0.3 is 5.97 Å². The van der Waals surface area contributed by atoms with Crippen LogP contribution in [-0.4, -0.2) is 21.4 Å². The number of alkyl halides is 1. The van der Waals surface area contributed by atoms with Crippen molar-refractivity contribution < 1.29 is 14.7 Å². The Bertz CT molecular complexity index is 361. The molecule has 4 nitrogen and oxygen atoms in total. The first-order chi connectivity index (χ1) is 7.13. The number of carboxylic acid groups (broad SMARTS) is 1. The van der Waals surface area contributed by atoms with E-state index in [0.29, 0.717) is 11.0 Å². The van der Waals surface area contributed by atoms with Crippen LogP contribution in [0.2, 0.25) is 0 Å². The minimum atomic E-state index is -0.946. The second-order valence-electron chi connectivity index (χ2n) is 2.91. The number of carbonyl (C=O) groups is 2. The highest BCUT2D eigenvalue weighted by atomic mass is 127. The average Bonchev–Trinajstić information content (AvgIpc) is 2.26. The molecule has 0 fully saturated rings. The lowest BCUT2D eigenvalue weighted by atomic mass is 10.1. The van der Waals surface area contributed by atoms with E-state index in [1.807, 2.05) is 22.6 Å². The van der Waals surface area contributed by atoms with E-state index in [4.69, 9.17) is 5.11 Å². The van der Waals surface area contributed by atoms with Crippen molar-refractivity contribution in [1.29, 1.82) is 0 Å². The summed E-state index contributed by atoms with van der Waals surface area (Å²) in [6.45, 7) is 0.432. The summed E-state index contributed by atoms with van der Waals surface area (Å²) in [7, 11) is 0. The predicted octanol–water partition coefficient (Wildman–Crippen LogP) is 1.44. The Morgan fingerprint density at radius 1 is 1.27 bits per heavy atom. The summed E-state index contributed by atoms with van der Waals surface area (Å²) in [5.74, 6) is -0.976. The van der Waals surface area contributed by atoms with Gasteiger partial charge in [-0.05, 0) is 17.7 Å². The van der Waals surface area contributed by atoms with Gasteiger partial charge in [-0.2, -0.15) is 0 Å². The van der Waals surface area contributed by atoms with Gasteiger partial charge < -0.3 is 10.4 Å². The molecular weight excluding hydrogens is 309 g/mol. The zero-order valence-electron chi connectivity index (χ0n) is 7.87. The van der Waals surface area contributed by atoms with Gasteiger partial charge in [0.05, 0.1) is 9.99 Å². The van der Waals surface area contributed by atoms with Crippen molar-refractivity contribution in [2.24, 2.45) is 0 Å². The van der Waals surface area contributed by atoms with E-state index in [9.17, 15) is 9.59 Å². The van der Waals surface area contributed by atoms with Crippen molar-refractivity contribution in [3.8, 4) is 0 Å². The fourth-order valence-corrected chi connectivity index (χ4v) is 1.28. The molecule has 0 aliphatic heterocycles. The summed E-state index contributed by atoms with van der Waals surface area (Å²) in [6.07, 6.45) is 0. The lowest BCUT2D eigenvalue weighted by molar-refractivity contribution is -0.118. The van der Waals surface area contributed by atoms with Gasteiger partial charge in [0.1, 0.15) is 0 Å². The van der Waals surface area contributed by atoms with E-state index in [2.05, 4.69) is 5.32 Å².